The van der Waals surface area contributed by atoms with E-state index < -0.39 is 11.9 Å². The third-order valence-corrected chi connectivity index (χ3v) is 5.17. The van der Waals surface area contributed by atoms with E-state index in [4.69, 9.17) is 16.3 Å². The van der Waals surface area contributed by atoms with E-state index in [1.165, 1.54) is 17.4 Å². The predicted octanol–water partition coefficient (Wildman–Crippen LogP) is 5.70. The largest absolute Gasteiger partial charge is 0.457 e. The van der Waals surface area contributed by atoms with Gasteiger partial charge in [-0.1, -0.05) is 53.3 Å². The molecule has 0 aliphatic heterocycles. The van der Waals surface area contributed by atoms with Crippen molar-refractivity contribution in [2.45, 2.75) is 0 Å². The summed E-state index contributed by atoms with van der Waals surface area (Å²) in [5.41, 5.74) is 0.930. The number of imide groups is 1. The van der Waals surface area contributed by atoms with Crippen molar-refractivity contribution in [3.05, 3.63) is 83.4 Å². The van der Waals surface area contributed by atoms with E-state index in [-0.39, 0.29) is 10.6 Å². The van der Waals surface area contributed by atoms with Crippen molar-refractivity contribution < 1.29 is 14.3 Å². The van der Waals surface area contributed by atoms with Crippen LogP contribution in [0, 0.1) is 0 Å². The first kappa shape index (κ1) is 18.9. The van der Waals surface area contributed by atoms with E-state index in [0.29, 0.717) is 16.4 Å². The Labute approximate surface area is 175 Å². The first-order valence-corrected chi connectivity index (χ1v) is 9.78. The molecule has 4 rings (SSSR count). The van der Waals surface area contributed by atoms with Crippen molar-refractivity contribution in [2.75, 3.05) is 5.32 Å². The minimum absolute atomic E-state index is 0.219. The maximum Gasteiger partial charge on any atom is 0.327 e. The molecule has 0 saturated carbocycles. The number of halogens is 1. The Hall–Kier alpha value is -3.42. The molecule has 2 N–H and O–H groups in total. The number of carbonyl (C=O) groups is 2. The van der Waals surface area contributed by atoms with Crippen LogP contribution in [0.3, 0.4) is 0 Å². The maximum atomic E-state index is 12.2. The molecule has 1 heterocycles. The van der Waals surface area contributed by atoms with Crippen LogP contribution in [0.15, 0.2) is 72.8 Å². The van der Waals surface area contributed by atoms with E-state index in [1.54, 1.807) is 24.3 Å². The number of benzene rings is 3. The quantitative estimate of drug-likeness (QED) is 0.441. The number of fused-ring (bicyclic) bond motifs is 1. The number of hydrogen-bond donors (Lipinski definition) is 2. The van der Waals surface area contributed by atoms with Gasteiger partial charge in [0.25, 0.3) is 5.91 Å². The Kier molecular flexibility index (Phi) is 5.41. The molecule has 0 spiro atoms. The zero-order chi connectivity index (χ0) is 20.2. The molecule has 144 valence electrons. The first-order valence-electron chi connectivity index (χ1n) is 8.59. The molecule has 4 aromatic rings. The normalized spacial score (nSPS) is 10.5. The molecule has 0 bridgehead atoms. The smallest absolute Gasteiger partial charge is 0.327 e. The van der Waals surface area contributed by atoms with Crippen LogP contribution in [-0.4, -0.2) is 16.9 Å². The van der Waals surface area contributed by atoms with Crippen molar-refractivity contribution in [3.8, 4) is 11.5 Å². The van der Waals surface area contributed by atoms with E-state index >= 15 is 0 Å². The van der Waals surface area contributed by atoms with Crippen molar-refractivity contribution in [2.24, 2.45) is 0 Å². The SMILES string of the molecule is O=C(NC(=O)c1ccccc1Cl)Nc1nc2ccc(Oc3ccccc3)cc2s1. The molecule has 29 heavy (non-hydrogen) atoms. The molecule has 0 aliphatic rings. The molecule has 0 radical (unpaired) electrons. The van der Waals surface area contributed by atoms with Crippen LogP contribution in [0.1, 0.15) is 10.4 Å². The van der Waals surface area contributed by atoms with Gasteiger partial charge in [0.2, 0.25) is 0 Å². The van der Waals surface area contributed by atoms with Crippen LogP contribution in [0.5, 0.6) is 11.5 Å². The fourth-order valence-electron chi connectivity index (χ4n) is 2.59. The number of aromatic nitrogens is 1. The summed E-state index contributed by atoms with van der Waals surface area (Å²) in [6, 6.07) is 20.7. The zero-order valence-corrected chi connectivity index (χ0v) is 16.5. The van der Waals surface area contributed by atoms with Gasteiger partial charge in [0.15, 0.2) is 5.13 Å². The molecule has 6 nitrogen and oxygen atoms in total. The number of thiazole rings is 1. The Balaban J connectivity index is 1.45. The molecule has 1 aromatic heterocycles. The van der Waals surface area contributed by atoms with Crippen LogP contribution in [0.2, 0.25) is 5.02 Å². The summed E-state index contributed by atoms with van der Waals surface area (Å²) in [5.74, 6) is 0.803. The third kappa shape index (κ3) is 4.53. The molecule has 0 aliphatic carbocycles. The highest BCUT2D eigenvalue weighted by molar-refractivity contribution is 7.22. The molecule has 3 aromatic carbocycles. The highest BCUT2D eigenvalue weighted by atomic mass is 35.5. The summed E-state index contributed by atoms with van der Waals surface area (Å²) >= 11 is 7.25. The Morgan fingerprint density at radius 3 is 2.48 bits per heavy atom. The average molecular weight is 424 g/mol. The minimum atomic E-state index is -0.685. The van der Waals surface area contributed by atoms with Crippen molar-refractivity contribution in [1.29, 1.82) is 0 Å². The van der Waals surface area contributed by atoms with Gasteiger partial charge in [0.05, 0.1) is 20.8 Å². The molecule has 0 saturated heterocycles. The number of ether oxygens (including phenoxy) is 1. The van der Waals surface area contributed by atoms with Crippen LogP contribution in [0.25, 0.3) is 10.2 Å². The molecule has 8 heteroatoms. The van der Waals surface area contributed by atoms with Gasteiger partial charge in [0, 0.05) is 6.07 Å². The Morgan fingerprint density at radius 1 is 0.931 bits per heavy atom. The number of urea groups is 1. The minimum Gasteiger partial charge on any atom is -0.457 e. The highest BCUT2D eigenvalue weighted by Gasteiger charge is 2.15. The molecule has 0 unspecified atom stereocenters. The van der Waals surface area contributed by atoms with Crippen molar-refractivity contribution in [1.82, 2.24) is 10.3 Å². The summed E-state index contributed by atoms with van der Waals surface area (Å²) in [4.78, 5) is 28.7. The zero-order valence-electron chi connectivity index (χ0n) is 14.9. The third-order valence-electron chi connectivity index (χ3n) is 3.90. The van der Waals surface area contributed by atoms with Gasteiger partial charge in [-0.05, 0) is 36.4 Å². The number of para-hydroxylation sites is 1. The standard InChI is InChI=1S/C21H14ClN3O3S/c22-16-9-5-4-8-15(16)19(26)24-20(27)25-21-23-17-11-10-14(12-18(17)29-21)28-13-6-2-1-3-7-13/h1-12H,(H2,23,24,25,26,27). The van der Waals surface area contributed by atoms with Crippen LogP contribution in [0.4, 0.5) is 9.93 Å². The summed E-state index contributed by atoms with van der Waals surface area (Å²) in [7, 11) is 0. The van der Waals surface area contributed by atoms with Crippen molar-refractivity contribution in [3.63, 3.8) is 0 Å². The summed E-state index contributed by atoms with van der Waals surface area (Å²) in [6.45, 7) is 0. The number of amides is 3. The number of nitrogens with one attached hydrogen (secondary N) is 2. The summed E-state index contributed by atoms with van der Waals surface area (Å²) < 4.78 is 6.65. The lowest BCUT2D eigenvalue weighted by molar-refractivity contribution is 0.0967. The van der Waals surface area contributed by atoms with Gasteiger partial charge in [-0.15, -0.1) is 0 Å². The fraction of sp³-hybridized carbons (Fsp3) is 0. The number of carbonyl (C=O) groups excluding carboxylic acids is 2. The Bertz CT molecular complexity index is 1190. The number of anilines is 1. The van der Waals surface area contributed by atoms with Gasteiger partial charge in [-0.25, -0.2) is 9.78 Å². The lowest BCUT2D eigenvalue weighted by Gasteiger charge is -2.05. The van der Waals surface area contributed by atoms with E-state index in [0.717, 1.165) is 10.4 Å². The second kappa shape index (κ2) is 8.30. The number of hydrogen-bond acceptors (Lipinski definition) is 5. The topological polar surface area (TPSA) is 80.3 Å². The van der Waals surface area contributed by atoms with Crippen LogP contribution < -0.4 is 15.4 Å². The highest BCUT2D eigenvalue weighted by Crippen LogP contribution is 2.31. The fourth-order valence-corrected chi connectivity index (χ4v) is 3.70. The van der Waals surface area contributed by atoms with Gasteiger partial charge >= 0.3 is 6.03 Å². The average Bonchev–Trinajstić information content (AvgIpc) is 3.10. The molecule has 0 atom stereocenters. The molecule has 0 fully saturated rings. The van der Waals surface area contributed by atoms with Crippen LogP contribution in [-0.2, 0) is 0 Å². The van der Waals surface area contributed by atoms with E-state index in [1.807, 2.05) is 42.5 Å². The summed E-state index contributed by atoms with van der Waals surface area (Å²) in [5, 5.41) is 5.45. The number of rotatable bonds is 4. The van der Waals surface area contributed by atoms with Gasteiger partial charge in [0.1, 0.15) is 11.5 Å². The van der Waals surface area contributed by atoms with Gasteiger partial charge in [-0.2, -0.15) is 0 Å². The predicted molar refractivity (Wildman–Crippen MR) is 114 cm³/mol. The second-order valence-electron chi connectivity index (χ2n) is 5.95. The maximum absolute atomic E-state index is 12.2. The Morgan fingerprint density at radius 2 is 1.69 bits per heavy atom. The van der Waals surface area contributed by atoms with Gasteiger partial charge in [-0.3, -0.25) is 15.4 Å². The van der Waals surface area contributed by atoms with Crippen molar-refractivity contribution >= 4 is 50.2 Å². The van der Waals surface area contributed by atoms with Gasteiger partial charge < -0.3 is 4.74 Å². The monoisotopic (exact) mass is 423 g/mol. The second-order valence-corrected chi connectivity index (χ2v) is 7.39. The van der Waals surface area contributed by atoms with E-state index in [2.05, 4.69) is 15.6 Å². The first-order chi connectivity index (χ1) is 14.1. The molecular formula is C21H14ClN3O3S. The summed E-state index contributed by atoms with van der Waals surface area (Å²) in [6.07, 6.45) is 0. The molecular weight excluding hydrogens is 410 g/mol. The van der Waals surface area contributed by atoms with Crippen LogP contribution >= 0.6 is 22.9 Å². The molecule has 3 amide bonds. The lowest BCUT2D eigenvalue weighted by Crippen LogP contribution is -2.34. The lowest BCUT2D eigenvalue weighted by atomic mass is 10.2. The number of nitrogens with zero attached hydrogens (tertiary/aromatic N) is 1. The van der Waals surface area contributed by atoms with E-state index in [9.17, 15) is 9.59 Å².